The van der Waals surface area contributed by atoms with Crippen molar-refractivity contribution < 1.29 is 18.8 Å². The Bertz CT molecular complexity index is 910. The lowest BCUT2D eigenvalue weighted by molar-refractivity contribution is -0.139. The van der Waals surface area contributed by atoms with Crippen LogP contribution in [0.15, 0.2) is 40.0 Å². The molecule has 1 aliphatic carbocycles. The molecular weight excluding hydrogens is 394 g/mol. The Morgan fingerprint density at radius 3 is 2.69 bits per heavy atom. The average Bonchev–Trinajstić information content (AvgIpc) is 3.26. The van der Waals surface area contributed by atoms with Gasteiger partial charge in [-0.15, -0.1) is 10.2 Å². The maximum atomic E-state index is 12.7. The van der Waals surface area contributed by atoms with E-state index in [-0.39, 0.29) is 16.9 Å². The van der Waals surface area contributed by atoms with Gasteiger partial charge in [0.2, 0.25) is 11.8 Å². The van der Waals surface area contributed by atoms with Gasteiger partial charge >= 0.3 is 6.03 Å². The Kier molecular flexibility index (Phi) is 5.52. The van der Waals surface area contributed by atoms with E-state index in [1.807, 2.05) is 30.3 Å². The summed E-state index contributed by atoms with van der Waals surface area (Å²) in [7, 11) is 0. The van der Waals surface area contributed by atoms with Gasteiger partial charge in [0.05, 0.1) is 12.2 Å². The molecule has 2 aromatic rings. The number of rotatable bonds is 6. The smallest absolute Gasteiger partial charge is 0.344 e. The van der Waals surface area contributed by atoms with Crippen LogP contribution < -0.4 is 10.7 Å². The summed E-state index contributed by atoms with van der Waals surface area (Å²) in [5.74, 6) is -0.484. The van der Waals surface area contributed by atoms with Crippen LogP contribution in [0.1, 0.15) is 43.6 Å². The van der Waals surface area contributed by atoms with E-state index in [0.29, 0.717) is 25.2 Å². The molecule has 2 N–H and O–H groups in total. The number of carbonyl (C=O) groups excluding carboxylic acids is 3. The summed E-state index contributed by atoms with van der Waals surface area (Å²) in [6.45, 7) is 0. The second-order valence-corrected chi connectivity index (χ2v) is 8.09. The van der Waals surface area contributed by atoms with Crippen LogP contribution in [-0.4, -0.2) is 44.3 Å². The Balaban J connectivity index is 1.29. The molecule has 9 nitrogen and oxygen atoms in total. The highest BCUT2D eigenvalue weighted by atomic mass is 32.2. The fraction of sp³-hybridized carbons (Fsp3) is 0.421. The van der Waals surface area contributed by atoms with Crippen LogP contribution in [0.2, 0.25) is 0 Å². The lowest BCUT2D eigenvalue weighted by Crippen LogP contribution is -2.51. The van der Waals surface area contributed by atoms with Crippen molar-refractivity contribution in [2.75, 3.05) is 5.75 Å². The summed E-state index contributed by atoms with van der Waals surface area (Å²) in [6.07, 6.45) is 4.52. The van der Waals surface area contributed by atoms with E-state index >= 15 is 0 Å². The molecule has 1 spiro atoms. The molecule has 1 aromatic carbocycles. The molecule has 0 radical (unpaired) electrons. The third-order valence-electron chi connectivity index (χ3n) is 5.08. The minimum absolute atomic E-state index is 0.0585. The fourth-order valence-corrected chi connectivity index (χ4v) is 4.21. The van der Waals surface area contributed by atoms with Crippen LogP contribution in [0, 0.1) is 0 Å². The zero-order valence-electron chi connectivity index (χ0n) is 15.7. The number of hydrogen-bond acceptors (Lipinski definition) is 7. The number of nitrogens with one attached hydrogen (secondary N) is 2. The van der Waals surface area contributed by atoms with Gasteiger partial charge in [0, 0.05) is 0 Å². The first-order valence-corrected chi connectivity index (χ1v) is 10.5. The highest BCUT2D eigenvalue weighted by Crippen LogP contribution is 2.33. The van der Waals surface area contributed by atoms with E-state index < -0.39 is 17.5 Å². The Hall–Kier alpha value is -2.88. The minimum Gasteiger partial charge on any atom is -0.416 e. The highest BCUT2D eigenvalue weighted by Gasteiger charge is 2.52. The number of benzene rings is 1. The van der Waals surface area contributed by atoms with Gasteiger partial charge in [0.15, 0.2) is 0 Å². The minimum atomic E-state index is -0.866. The predicted octanol–water partition coefficient (Wildman–Crippen LogP) is 2.04. The molecule has 4 amide bonds. The van der Waals surface area contributed by atoms with E-state index in [4.69, 9.17) is 4.42 Å². The van der Waals surface area contributed by atoms with Crippen molar-refractivity contribution in [3.05, 3.63) is 41.8 Å². The van der Waals surface area contributed by atoms with E-state index in [1.165, 1.54) is 0 Å². The Morgan fingerprint density at radius 1 is 1.17 bits per heavy atom. The van der Waals surface area contributed by atoms with Gasteiger partial charge in [0.1, 0.15) is 5.54 Å². The van der Waals surface area contributed by atoms with Crippen LogP contribution in [-0.2, 0) is 16.0 Å². The number of amides is 4. The normalized spacial score (nSPS) is 18.1. The standard InChI is InChI=1S/C19H21N5O4S/c25-14(23-24-16(26)19(20-17(24)27)9-5-2-6-10-19)12-29-18-22-21-15(28-18)11-13-7-3-1-4-8-13/h1,3-4,7-8H,2,5-6,9-12H2,(H,20,27)(H,23,25). The number of carbonyl (C=O) groups is 3. The maximum absolute atomic E-state index is 12.7. The molecule has 4 rings (SSSR count). The first-order chi connectivity index (χ1) is 14.1. The molecule has 152 valence electrons. The Labute approximate surface area is 171 Å². The van der Waals surface area contributed by atoms with E-state index in [0.717, 1.165) is 41.6 Å². The number of hydrogen-bond donors (Lipinski definition) is 2. The van der Waals surface area contributed by atoms with Crippen molar-refractivity contribution in [3.8, 4) is 0 Å². The third-order valence-corrected chi connectivity index (χ3v) is 5.90. The number of thioether (sulfide) groups is 1. The molecule has 0 atom stereocenters. The molecular formula is C19H21N5O4S. The van der Waals surface area contributed by atoms with Crippen molar-refractivity contribution in [1.82, 2.24) is 25.9 Å². The lowest BCUT2D eigenvalue weighted by Gasteiger charge is -2.30. The molecule has 0 unspecified atom stereocenters. The van der Waals surface area contributed by atoms with Gasteiger partial charge in [-0.25, -0.2) is 4.79 Å². The summed E-state index contributed by atoms with van der Waals surface area (Å²) in [6, 6.07) is 9.12. The van der Waals surface area contributed by atoms with Gasteiger partial charge < -0.3 is 9.73 Å². The molecule has 10 heteroatoms. The van der Waals surface area contributed by atoms with Gasteiger partial charge in [0.25, 0.3) is 11.1 Å². The molecule has 1 aromatic heterocycles. The lowest BCUT2D eigenvalue weighted by atomic mass is 9.82. The van der Waals surface area contributed by atoms with Crippen molar-refractivity contribution in [1.29, 1.82) is 0 Å². The van der Waals surface area contributed by atoms with Crippen molar-refractivity contribution in [3.63, 3.8) is 0 Å². The third kappa shape index (κ3) is 4.26. The number of aromatic nitrogens is 2. The molecule has 2 heterocycles. The summed E-state index contributed by atoms with van der Waals surface area (Å²) < 4.78 is 5.54. The van der Waals surface area contributed by atoms with Crippen LogP contribution in [0.4, 0.5) is 4.79 Å². The van der Waals surface area contributed by atoms with Crippen LogP contribution >= 0.6 is 11.8 Å². The van der Waals surface area contributed by atoms with Crippen molar-refractivity contribution in [2.24, 2.45) is 0 Å². The molecule has 1 saturated heterocycles. The quantitative estimate of drug-likeness (QED) is 0.547. The van der Waals surface area contributed by atoms with Gasteiger partial charge in [-0.3, -0.25) is 15.0 Å². The zero-order valence-corrected chi connectivity index (χ0v) is 16.5. The number of imide groups is 1. The topological polar surface area (TPSA) is 117 Å². The van der Waals surface area contributed by atoms with Crippen LogP contribution in [0.5, 0.6) is 0 Å². The summed E-state index contributed by atoms with van der Waals surface area (Å²) in [5, 5.41) is 11.7. The summed E-state index contributed by atoms with van der Waals surface area (Å²) in [5.41, 5.74) is 2.56. The molecule has 29 heavy (non-hydrogen) atoms. The molecule has 1 aliphatic heterocycles. The number of hydrazine groups is 1. The molecule has 2 fully saturated rings. The second-order valence-electron chi connectivity index (χ2n) is 7.16. The van der Waals surface area contributed by atoms with Crippen LogP contribution in [0.3, 0.4) is 0 Å². The highest BCUT2D eigenvalue weighted by molar-refractivity contribution is 7.99. The van der Waals surface area contributed by atoms with Crippen molar-refractivity contribution >= 4 is 29.6 Å². The fourth-order valence-electron chi connectivity index (χ4n) is 3.64. The largest absolute Gasteiger partial charge is 0.416 e. The first-order valence-electron chi connectivity index (χ1n) is 9.51. The molecule has 0 bridgehead atoms. The van der Waals surface area contributed by atoms with E-state index in [1.54, 1.807) is 0 Å². The summed E-state index contributed by atoms with van der Waals surface area (Å²) >= 11 is 1.05. The van der Waals surface area contributed by atoms with Gasteiger partial charge in [-0.05, 0) is 18.4 Å². The predicted molar refractivity (Wildman–Crippen MR) is 104 cm³/mol. The van der Waals surface area contributed by atoms with Gasteiger partial charge in [-0.1, -0.05) is 61.4 Å². The van der Waals surface area contributed by atoms with Gasteiger partial charge in [-0.2, -0.15) is 5.01 Å². The monoisotopic (exact) mass is 415 g/mol. The number of nitrogens with zero attached hydrogens (tertiary/aromatic N) is 3. The zero-order chi connectivity index (χ0) is 20.3. The molecule has 2 aliphatic rings. The van der Waals surface area contributed by atoms with Crippen LogP contribution in [0.25, 0.3) is 0 Å². The average molecular weight is 415 g/mol. The first kappa shape index (κ1) is 19.4. The van der Waals surface area contributed by atoms with E-state index in [9.17, 15) is 14.4 Å². The number of urea groups is 1. The van der Waals surface area contributed by atoms with E-state index in [2.05, 4.69) is 20.9 Å². The SMILES string of the molecule is O=C(CSc1nnc(Cc2ccccc2)o1)NN1C(=O)NC2(CCCCC2)C1=O. The summed E-state index contributed by atoms with van der Waals surface area (Å²) in [4.78, 5) is 37.1. The second kappa shape index (κ2) is 8.24. The maximum Gasteiger partial charge on any atom is 0.344 e. The Morgan fingerprint density at radius 2 is 1.93 bits per heavy atom. The van der Waals surface area contributed by atoms with Crippen molar-refractivity contribution in [2.45, 2.75) is 49.3 Å². The molecule has 1 saturated carbocycles.